The van der Waals surface area contributed by atoms with Gasteiger partial charge in [0.2, 0.25) is 0 Å². The van der Waals surface area contributed by atoms with Crippen LogP contribution >= 0.6 is 24.8 Å². The Morgan fingerprint density at radius 3 is 2.59 bits per heavy atom. The molecular weight excluding hydrogens is 417 g/mol. The normalized spacial score (nSPS) is 16.4. The van der Waals surface area contributed by atoms with Gasteiger partial charge < -0.3 is 10.2 Å². The minimum absolute atomic E-state index is 0. The number of nitrogens with zero attached hydrogens (tertiary/aromatic N) is 3. The molecule has 1 aliphatic heterocycles. The fraction of sp³-hybridized carbons (Fsp3) is 0.579. The van der Waals surface area contributed by atoms with E-state index in [9.17, 15) is 14.4 Å². The van der Waals surface area contributed by atoms with Gasteiger partial charge in [0, 0.05) is 37.9 Å². The van der Waals surface area contributed by atoms with Crippen molar-refractivity contribution in [2.45, 2.75) is 52.6 Å². The lowest BCUT2D eigenvalue weighted by atomic mass is 10.0. The number of aromatic nitrogens is 3. The van der Waals surface area contributed by atoms with Gasteiger partial charge in [0.15, 0.2) is 5.65 Å². The van der Waals surface area contributed by atoms with E-state index in [1.54, 1.807) is 11.0 Å². The van der Waals surface area contributed by atoms with Crippen LogP contribution < -0.4 is 16.6 Å². The van der Waals surface area contributed by atoms with Gasteiger partial charge >= 0.3 is 5.69 Å². The molecule has 1 amide bonds. The van der Waals surface area contributed by atoms with E-state index in [1.807, 2.05) is 27.7 Å². The Kier molecular flexibility index (Phi) is 8.86. The largest absolute Gasteiger partial charge is 0.336 e. The predicted molar refractivity (Wildman–Crippen MR) is 119 cm³/mol. The molecule has 10 heteroatoms. The van der Waals surface area contributed by atoms with Gasteiger partial charge in [-0.15, -0.1) is 24.8 Å². The number of halogens is 2. The van der Waals surface area contributed by atoms with Crippen LogP contribution in [0.2, 0.25) is 0 Å². The molecule has 0 radical (unpaired) electrons. The molecule has 3 heterocycles. The van der Waals surface area contributed by atoms with E-state index in [1.165, 1.54) is 4.57 Å². The minimum atomic E-state index is -0.559. The maximum Gasteiger partial charge on any atom is 0.329 e. The molecule has 162 valence electrons. The Balaban J connectivity index is 0.00000210. The molecule has 29 heavy (non-hydrogen) atoms. The smallest absolute Gasteiger partial charge is 0.329 e. The van der Waals surface area contributed by atoms with Crippen LogP contribution in [-0.4, -0.2) is 51.0 Å². The van der Waals surface area contributed by atoms with Crippen molar-refractivity contribution in [3.63, 3.8) is 0 Å². The van der Waals surface area contributed by atoms with Crippen molar-refractivity contribution in [2.24, 2.45) is 0 Å². The molecule has 0 saturated carbocycles. The van der Waals surface area contributed by atoms with Crippen molar-refractivity contribution >= 4 is 41.8 Å². The molecule has 0 aromatic carbocycles. The number of rotatable bonds is 4. The van der Waals surface area contributed by atoms with Crippen LogP contribution in [0.3, 0.4) is 0 Å². The maximum absolute atomic E-state index is 13.3. The first-order valence-corrected chi connectivity index (χ1v) is 9.53. The Labute approximate surface area is 181 Å². The summed E-state index contributed by atoms with van der Waals surface area (Å²) in [6, 6.07) is 1.90. The van der Waals surface area contributed by atoms with Crippen molar-refractivity contribution in [2.75, 3.05) is 19.6 Å². The van der Waals surface area contributed by atoms with Crippen LogP contribution in [-0.2, 0) is 6.54 Å². The molecule has 0 spiro atoms. The number of amides is 1. The molecule has 2 N–H and O–H groups in total. The van der Waals surface area contributed by atoms with Crippen LogP contribution in [0.1, 0.15) is 56.1 Å². The van der Waals surface area contributed by atoms with Crippen molar-refractivity contribution in [1.29, 1.82) is 0 Å². The molecule has 2 aromatic rings. The number of fused-ring (bicyclic) bond motifs is 1. The highest BCUT2D eigenvalue weighted by Gasteiger charge is 2.26. The summed E-state index contributed by atoms with van der Waals surface area (Å²) in [6.45, 7) is 10.2. The first kappa shape index (κ1) is 25.1. The van der Waals surface area contributed by atoms with Crippen LogP contribution in [0.4, 0.5) is 0 Å². The average Bonchev–Trinajstić information content (AvgIpc) is 2.63. The minimum Gasteiger partial charge on any atom is -0.336 e. The number of carbonyl (C=O) groups is 1. The van der Waals surface area contributed by atoms with Crippen LogP contribution in [0, 0.1) is 0 Å². The van der Waals surface area contributed by atoms with Crippen molar-refractivity contribution < 1.29 is 4.79 Å². The van der Waals surface area contributed by atoms with E-state index in [4.69, 9.17) is 0 Å². The van der Waals surface area contributed by atoms with Gasteiger partial charge in [-0.05, 0) is 25.3 Å². The van der Waals surface area contributed by atoms with Crippen molar-refractivity contribution in [1.82, 2.24) is 24.8 Å². The molecule has 8 nitrogen and oxygen atoms in total. The standard InChI is InChI=1S/C19H27N5O3.2ClH/c1-5-7-24-16-15(17(25)22-19(24)27)13(9-14(21-16)11(2)3)18(26)23-8-6-20-12(4)10-23;;/h9,11-12,20H,5-8,10H2,1-4H3,(H,22,25,27);2*1H. The number of piperazine rings is 1. The number of hydrogen-bond donors (Lipinski definition) is 2. The molecule has 2 aromatic heterocycles. The lowest BCUT2D eigenvalue weighted by Crippen LogP contribution is -2.51. The highest BCUT2D eigenvalue weighted by Crippen LogP contribution is 2.21. The quantitative estimate of drug-likeness (QED) is 0.748. The van der Waals surface area contributed by atoms with E-state index < -0.39 is 11.2 Å². The number of carbonyl (C=O) groups excluding carboxylic acids is 1. The van der Waals surface area contributed by atoms with Gasteiger partial charge in [-0.2, -0.15) is 0 Å². The molecule has 1 aliphatic rings. The van der Waals surface area contributed by atoms with E-state index in [-0.39, 0.29) is 48.1 Å². The number of aromatic amines is 1. The number of nitrogens with one attached hydrogen (secondary N) is 2. The lowest BCUT2D eigenvalue weighted by molar-refractivity contribution is 0.0710. The zero-order valence-electron chi connectivity index (χ0n) is 17.2. The fourth-order valence-electron chi connectivity index (χ4n) is 3.48. The second-order valence-electron chi connectivity index (χ2n) is 7.47. The summed E-state index contributed by atoms with van der Waals surface area (Å²) in [7, 11) is 0. The number of pyridine rings is 1. The molecule has 1 fully saturated rings. The second kappa shape index (κ2) is 10.2. The topological polar surface area (TPSA) is 100 Å². The first-order valence-electron chi connectivity index (χ1n) is 9.53. The van der Waals surface area contributed by atoms with E-state index >= 15 is 0 Å². The van der Waals surface area contributed by atoms with Crippen LogP contribution in [0.25, 0.3) is 11.0 Å². The molecule has 1 unspecified atom stereocenters. The van der Waals surface area contributed by atoms with Gasteiger partial charge in [0.1, 0.15) is 0 Å². The zero-order valence-corrected chi connectivity index (χ0v) is 18.8. The summed E-state index contributed by atoms with van der Waals surface area (Å²) < 4.78 is 1.46. The van der Waals surface area contributed by atoms with Gasteiger partial charge in [-0.25, -0.2) is 9.78 Å². The molecule has 1 atom stereocenters. The maximum atomic E-state index is 13.3. The Bertz CT molecular complexity index is 986. The van der Waals surface area contributed by atoms with E-state index in [0.29, 0.717) is 49.5 Å². The van der Waals surface area contributed by atoms with Crippen LogP contribution in [0.15, 0.2) is 15.7 Å². The molecule has 1 saturated heterocycles. The number of H-pyrrole nitrogens is 1. The van der Waals surface area contributed by atoms with Crippen LogP contribution in [0.5, 0.6) is 0 Å². The highest BCUT2D eigenvalue weighted by atomic mass is 35.5. The molecule has 3 rings (SSSR count). The second-order valence-corrected chi connectivity index (χ2v) is 7.47. The van der Waals surface area contributed by atoms with E-state index in [2.05, 4.69) is 15.3 Å². The third-order valence-corrected chi connectivity index (χ3v) is 4.89. The predicted octanol–water partition coefficient (Wildman–Crippen LogP) is 1.90. The van der Waals surface area contributed by atoms with Gasteiger partial charge in [0.05, 0.1) is 10.9 Å². The molecule has 0 bridgehead atoms. The van der Waals surface area contributed by atoms with Crippen molar-refractivity contribution in [3.8, 4) is 0 Å². The monoisotopic (exact) mass is 445 g/mol. The highest BCUT2D eigenvalue weighted by molar-refractivity contribution is 6.05. The van der Waals surface area contributed by atoms with Gasteiger partial charge in [-0.3, -0.25) is 19.1 Å². The summed E-state index contributed by atoms with van der Waals surface area (Å²) in [5.41, 5.74) is 0.268. The average molecular weight is 446 g/mol. The van der Waals surface area contributed by atoms with Crippen molar-refractivity contribution in [3.05, 3.63) is 38.2 Å². The summed E-state index contributed by atoms with van der Waals surface area (Å²) in [5.74, 6) is -0.128. The molecule has 0 aliphatic carbocycles. The summed E-state index contributed by atoms with van der Waals surface area (Å²) >= 11 is 0. The van der Waals surface area contributed by atoms with Gasteiger partial charge in [-0.1, -0.05) is 20.8 Å². The number of aryl methyl sites for hydroxylation is 1. The van der Waals surface area contributed by atoms with Gasteiger partial charge in [0.25, 0.3) is 11.5 Å². The molecular formula is C19H29Cl2N5O3. The van der Waals surface area contributed by atoms with E-state index in [0.717, 1.165) is 0 Å². The Morgan fingerprint density at radius 2 is 2.00 bits per heavy atom. The summed E-state index contributed by atoms with van der Waals surface area (Å²) in [5, 5.41) is 3.51. The zero-order chi connectivity index (χ0) is 19.7. The summed E-state index contributed by atoms with van der Waals surface area (Å²) in [6.07, 6.45) is 0.716. The SMILES string of the molecule is CCCn1c(=O)[nH]c(=O)c2c(C(=O)N3CCNC(C)C3)cc(C(C)C)nc21.Cl.Cl. The summed E-state index contributed by atoms with van der Waals surface area (Å²) in [4.78, 5) is 46.9. The third kappa shape index (κ3) is 4.99. The Morgan fingerprint density at radius 1 is 1.31 bits per heavy atom. The number of hydrogen-bond acceptors (Lipinski definition) is 5. The third-order valence-electron chi connectivity index (χ3n) is 4.89. The fourth-order valence-corrected chi connectivity index (χ4v) is 3.48. The lowest BCUT2D eigenvalue weighted by Gasteiger charge is -2.32. The first-order chi connectivity index (χ1) is 12.8. The Hall–Kier alpha value is -1.90.